The molecule has 2 aromatic carbocycles. The van der Waals surface area contributed by atoms with Gasteiger partial charge in [-0.3, -0.25) is 0 Å². The topological polar surface area (TPSA) is 47.3 Å². The first kappa shape index (κ1) is 13.7. The molecule has 0 aliphatic carbocycles. The highest BCUT2D eigenvalue weighted by Gasteiger charge is 2.06. The van der Waals surface area contributed by atoms with Crippen molar-refractivity contribution >= 4 is 33.0 Å². The Labute approximate surface area is 119 Å². The molecular weight excluding hydrogens is 311 g/mol. The fourth-order valence-corrected chi connectivity index (χ4v) is 2.00. The molecule has 100 valence electrons. The molecule has 0 unspecified atom stereocenters. The molecule has 0 saturated carbocycles. The zero-order valence-corrected chi connectivity index (χ0v) is 12.0. The third kappa shape index (κ3) is 3.38. The number of hydrogen-bond acceptors (Lipinski definition) is 3. The molecule has 0 bridgehead atoms. The number of rotatable bonds is 4. The summed E-state index contributed by atoms with van der Waals surface area (Å²) >= 11 is 3.31. The lowest BCUT2D eigenvalue weighted by atomic mass is 10.2. The van der Waals surface area contributed by atoms with Gasteiger partial charge in [-0.05, 0) is 37.3 Å². The van der Waals surface area contributed by atoms with Crippen molar-refractivity contribution in [3.05, 3.63) is 46.7 Å². The molecule has 0 heterocycles. The third-order valence-electron chi connectivity index (χ3n) is 2.52. The SMILES string of the molecule is CCOc1cc(Nc2cc(Br)ccc2F)ccc1N. The maximum absolute atomic E-state index is 13.6. The van der Waals surface area contributed by atoms with E-state index < -0.39 is 0 Å². The normalized spacial score (nSPS) is 10.3. The van der Waals surface area contributed by atoms with Crippen LogP contribution in [0.25, 0.3) is 0 Å². The zero-order chi connectivity index (χ0) is 13.8. The molecule has 2 aromatic rings. The molecule has 0 fully saturated rings. The number of nitrogen functional groups attached to an aromatic ring is 1. The van der Waals surface area contributed by atoms with Gasteiger partial charge in [0.25, 0.3) is 0 Å². The average molecular weight is 325 g/mol. The lowest BCUT2D eigenvalue weighted by Crippen LogP contribution is -1.99. The van der Waals surface area contributed by atoms with Gasteiger partial charge in [0.05, 0.1) is 18.0 Å². The van der Waals surface area contributed by atoms with Crippen LogP contribution in [0.4, 0.5) is 21.5 Å². The molecule has 3 nitrogen and oxygen atoms in total. The minimum absolute atomic E-state index is 0.321. The average Bonchev–Trinajstić information content (AvgIpc) is 2.38. The Kier molecular flexibility index (Phi) is 4.27. The summed E-state index contributed by atoms with van der Waals surface area (Å²) in [5, 5.41) is 3.00. The Morgan fingerprint density at radius 3 is 2.79 bits per heavy atom. The van der Waals surface area contributed by atoms with Crippen molar-refractivity contribution in [3.8, 4) is 5.75 Å². The van der Waals surface area contributed by atoms with Crippen LogP contribution in [0.2, 0.25) is 0 Å². The number of hydrogen-bond donors (Lipinski definition) is 2. The highest BCUT2D eigenvalue weighted by molar-refractivity contribution is 9.10. The Hall–Kier alpha value is -1.75. The summed E-state index contributed by atoms with van der Waals surface area (Å²) in [6.45, 7) is 2.41. The Bertz CT molecular complexity index is 590. The van der Waals surface area contributed by atoms with E-state index in [4.69, 9.17) is 10.5 Å². The zero-order valence-electron chi connectivity index (χ0n) is 10.4. The van der Waals surface area contributed by atoms with Crippen molar-refractivity contribution in [1.82, 2.24) is 0 Å². The van der Waals surface area contributed by atoms with Crippen LogP contribution in [0.1, 0.15) is 6.92 Å². The molecule has 0 amide bonds. The number of nitrogens with two attached hydrogens (primary N) is 1. The Morgan fingerprint density at radius 2 is 2.05 bits per heavy atom. The molecule has 3 N–H and O–H groups in total. The van der Waals surface area contributed by atoms with E-state index in [1.165, 1.54) is 6.07 Å². The first-order valence-corrected chi connectivity index (χ1v) is 6.64. The molecule has 19 heavy (non-hydrogen) atoms. The minimum Gasteiger partial charge on any atom is -0.492 e. The smallest absolute Gasteiger partial charge is 0.146 e. The van der Waals surface area contributed by atoms with E-state index in [1.54, 1.807) is 30.3 Å². The molecule has 0 spiro atoms. The van der Waals surface area contributed by atoms with Crippen molar-refractivity contribution in [2.24, 2.45) is 0 Å². The largest absolute Gasteiger partial charge is 0.492 e. The monoisotopic (exact) mass is 324 g/mol. The summed E-state index contributed by atoms with van der Waals surface area (Å²) in [6, 6.07) is 9.97. The summed E-state index contributed by atoms with van der Waals surface area (Å²) in [5.74, 6) is 0.265. The van der Waals surface area contributed by atoms with Crippen LogP contribution in [0.15, 0.2) is 40.9 Å². The van der Waals surface area contributed by atoms with Crippen molar-refractivity contribution in [3.63, 3.8) is 0 Å². The van der Waals surface area contributed by atoms with Crippen molar-refractivity contribution in [2.45, 2.75) is 6.92 Å². The predicted molar refractivity (Wildman–Crippen MR) is 79.4 cm³/mol. The van der Waals surface area contributed by atoms with E-state index in [-0.39, 0.29) is 5.82 Å². The van der Waals surface area contributed by atoms with Gasteiger partial charge in [0.15, 0.2) is 0 Å². The maximum Gasteiger partial charge on any atom is 0.146 e. The highest BCUT2D eigenvalue weighted by Crippen LogP contribution is 2.29. The number of ether oxygens (including phenoxy) is 1. The second-order valence-corrected chi connectivity index (χ2v) is 4.85. The fraction of sp³-hybridized carbons (Fsp3) is 0.143. The van der Waals surface area contributed by atoms with Crippen molar-refractivity contribution < 1.29 is 9.13 Å². The van der Waals surface area contributed by atoms with Gasteiger partial charge >= 0.3 is 0 Å². The van der Waals surface area contributed by atoms with Gasteiger partial charge in [0, 0.05) is 16.2 Å². The molecule has 0 radical (unpaired) electrons. The summed E-state index contributed by atoms with van der Waals surface area (Å²) < 4.78 is 19.8. The summed E-state index contributed by atoms with van der Waals surface area (Å²) in [6.07, 6.45) is 0. The van der Waals surface area contributed by atoms with Crippen molar-refractivity contribution in [1.29, 1.82) is 0 Å². The number of nitrogens with one attached hydrogen (secondary N) is 1. The molecule has 5 heteroatoms. The second kappa shape index (κ2) is 5.93. The van der Waals surface area contributed by atoms with Crippen LogP contribution >= 0.6 is 15.9 Å². The van der Waals surface area contributed by atoms with Gasteiger partial charge in [-0.2, -0.15) is 0 Å². The fourth-order valence-electron chi connectivity index (χ4n) is 1.64. The lowest BCUT2D eigenvalue weighted by Gasteiger charge is -2.12. The van der Waals surface area contributed by atoms with E-state index in [2.05, 4.69) is 21.2 Å². The second-order valence-electron chi connectivity index (χ2n) is 3.93. The van der Waals surface area contributed by atoms with Crippen molar-refractivity contribution in [2.75, 3.05) is 17.7 Å². The molecule has 0 atom stereocenters. The van der Waals surface area contributed by atoms with Gasteiger partial charge in [-0.1, -0.05) is 15.9 Å². The van der Waals surface area contributed by atoms with Gasteiger partial charge in [0.1, 0.15) is 11.6 Å². The van der Waals surface area contributed by atoms with Gasteiger partial charge in [-0.15, -0.1) is 0 Å². The summed E-state index contributed by atoms with van der Waals surface area (Å²) in [4.78, 5) is 0. The Balaban J connectivity index is 2.28. The third-order valence-corrected chi connectivity index (χ3v) is 3.01. The van der Waals surface area contributed by atoms with E-state index in [1.807, 2.05) is 6.92 Å². The maximum atomic E-state index is 13.6. The van der Waals surface area contributed by atoms with Gasteiger partial charge in [-0.25, -0.2) is 4.39 Å². The molecule has 0 saturated heterocycles. The number of anilines is 3. The first-order chi connectivity index (χ1) is 9.10. The molecular formula is C14H14BrFN2O. The van der Waals surface area contributed by atoms with Gasteiger partial charge < -0.3 is 15.8 Å². The highest BCUT2D eigenvalue weighted by atomic mass is 79.9. The summed E-state index contributed by atoms with van der Waals surface area (Å²) in [7, 11) is 0. The van der Waals surface area contributed by atoms with E-state index in [0.29, 0.717) is 23.7 Å². The van der Waals surface area contributed by atoms with Crippen LogP contribution in [0.5, 0.6) is 5.75 Å². The molecule has 0 aliphatic rings. The van der Waals surface area contributed by atoms with E-state index in [0.717, 1.165) is 10.2 Å². The minimum atomic E-state index is -0.321. The van der Waals surface area contributed by atoms with Gasteiger partial charge in [0.2, 0.25) is 0 Å². The van der Waals surface area contributed by atoms with Crippen LogP contribution in [0, 0.1) is 5.82 Å². The van der Waals surface area contributed by atoms with Crippen LogP contribution in [0.3, 0.4) is 0 Å². The standard InChI is InChI=1S/C14H14BrFN2O/c1-2-19-14-8-10(4-6-12(14)17)18-13-7-9(15)3-5-11(13)16/h3-8,18H,2,17H2,1H3. The number of halogens is 2. The van der Waals surface area contributed by atoms with E-state index in [9.17, 15) is 4.39 Å². The lowest BCUT2D eigenvalue weighted by molar-refractivity contribution is 0.342. The summed E-state index contributed by atoms with van der Waals surface area (Å²) in [5.41, 5.74) is 7.45. The quantitative estimate of drug-likeness (QED) is 0.824. The predicted octanol–water partition coefficient (Wildman–Crippen LogP) is 4.31. The molecule has 2 rings (SSSR count). The molecule has 0 aliphatic heterocycles. The van der Waals surface area contributed by atoms with Crippen LogP contribution < -0.4 is 15.8 Å². The Morgan fingerprint density at radius 1 is 1.26 bits per heavy atom. The van der Waals surface area contributed by atoms with Crippen LogP contribution in [-0.4, -0.2) is 6.61 Å². The molecule has 0 aromatic heterocycles. The van der Waals surface area contributed by atoms with E-state index >= 15 is 0 Å². The number of benzene rings is 2. The first-order valence-electron chi connectivity index (χ1n) is 5.84. The van der Waals surface area contributed by atoms with Crippen LogP contribution in [-0.2, 0) is 0 Å².